The van der Waals surface area contributed by atoms with Crippen LogP contribution in [0.4, 0.5) is 0 Å². The lowest BCUT2D eigenvalue weighted by molar-refractivity contribution is -0.143. The van der Waals surface area contributed by atoms with E-state index < -0.39 is 0 Å². The van der Waals surface area contributed by atoms with E-state index >= 15 is 0 Å². The normalized spacial score (nSPS) is 14.5. The SMILES string of the molecule is CCCN(CC(=O)OCC)C(=O)c1cc2c(s1)CCCCCC2. The van der Waals surface area contributed by atoms with Crippen LogP contribution in [0.3, 0.4) is 0 Å². The molecule has 0 fully saturated rings. The highest BCUT2D eigenvalue weighted by Crippen LogP contribution is 2.29. The first-order chi connectivity index (χ1) is 11.2. The topological polar surface area (TPSA) is 46.6 Å². The summed E-state index contributed by atoms with van der Waals surface area (Å²) in [5.74, 6) is -0.360. The van der Waals surface area contributed by atoms with Gasteiger partial charge in [0.2, 0.25) is 0 Å². The summed E-state index contributed by atoms with van der Waals surface area (Å²) in [6.07, 6.45) is 7.97. The molecule has 0 spiro atoms. The second-order valence-electron chi connectivity index (χ2n) is 6.01. The Morgan fingerprint density at radius 1 is 1.17 bits per heavy atom. The monoisotopic (exact) mass is 337 g/mol. The van der Waals surface area contributed by atoms with Crippen molar-refractivity contribution in [1.29, 1.82) is 0 Å². The number of hydrogen-bond donors (Lipinski definition) is 0. The molecule has 4 nitrogen and oxygen atoms in total. The fourth-order valence-corrected chi connectivity index (χ4v) is 4.21. The number of amides is 1. The summed E-state index contributed by atoms with van der Waals surface area (Å²) in [7, 11) is 0. The van der Waals surface area contributed by atoms with E-state index in [2.05, 4.69) is 6.07 Å². The van der Waals surface area contributed by atoms with Gasteiger partial charge in [-0.25, -0.2) is 0 Å². The average Bonchev–Trinajstić information content (AvgIpc) is 2.88. The zero-order chi connectivity index (χ0) is 16.7. The van der Waals surface area contributed by atoms with Crippen molar-refractivity contribution in [3.63, 3.8) is 0 Å². The first kappa shape index (κ1) is 18.0. The van der Waals surface area contributed by atoms with E-state index in [1.165, 1.54) is 36.1 Å². The molecule has 0 aromatic carbocycles. The summed E-state index contributed by atoms with van der Waals surface area (Å²) in [6, 6.07) is 2.06. The second kappa shape index (κ2) is 9.06. The maximum absolute atomic E-state index is 12.8. The molecule has 23 heavy (non-hydrogen) atoms. The Kier molecular flexibility index (Phi) is 7.09. The molecule has 128 valence electrons. The third-order valence-electron chi connectivity index (χ3n) is 4.11. The maximum Gasteiger partial charge on any atom is 0.325 e. The lowest BCUT2D eigenvalue weighted by Gasteiger charge is -2.20. The van der Waals surface area contributed by atoms with E-state index in [0.29, 0.717) is 13.2 Å². The Bertz CT molecular complexity index is 513. The van der Waals surface area contributed by atoms with Gasteiger partial charge in [0.1, 0.15) is 6.54 Å². The zero-order valence-corrected chi connectivity index (χ0v) is 15.0. The van der Waals surface area contributed by atoms with Crippen molar-refractivity contribution >= 4 is 23.2 Å². The van der Waals surface area contributed by atoms with Crippen LogP contribution >= 0.6 is 11.3 Å². The van der Waals surface area contributed by atoms with E-state index in [-0.39, 0.29) is 18.4 Å². The fraction of sp³-hybridized carbons (Fsp3) is 0.667. The van der Waals surface area contributed by atoms with Gasteiger partial charge in [0.25, 0.3) is 5.91 Å². The number of aryl methyl sites for hydroxylation is 2. The Labute approximate surface area is 142 Å². The van der Waals surface area contributed by atoms with Crippen LogP contribution in [0, 0.1) is 0 Å². The van der Waals surface area contributed by atoms with Crippen LogP contribution in [0.1, 0.15) is 66.1 Å². The highest BCUT2D eigenvalue weighted by Gasteiger charge is 2.22. The number of nitrogens with zero attached hydrogens (tertiary/aromatic N) is 1. The standard InChI is InChI=1S/C18H27NO3S/c1-3-11-19(13-17(20)22-4-2)18(21)16-12-14-9-7-5-6-8-10-15(14)23-16/h12H,3-11,13H2,1-2H3. The number of ether oxygens (including phenoxy) is 1. The first-order valence-electron chi connectivity index (χ1n) is 8.72. The van der Waals surface area contributed by atoms with E-state index in [1.54, 1.807) is 23.2 Å². The zero-order valence-electron chi connectivity index (χ0n) is 14.2. The van der Waals surface area contributed by atoms with Crippen LogP contribution in [-0.4, -0.2) is 36.5 Å². The molecule has 2 rings (SSSR count). The van der Waals surface area contributed by atoms with Gasteiger partial charge >= 0.3 is 5.97 Å². The Balaban J connectivity index is 2.12. The third kappa shape index (κ3) is 5.06. The Morgan fingerprint density at radius 3 is 2.61 bits per heavy atom. The van der Waals surface area contributed by atoms with Crippen molar-refractivity contribution in [3.8, 4) is 0 Å². The minimum atomic E-state index is -0.329. The summed E-state index contributed by atoms with van der Waals surface area (Å²) in [6.45, 7) is 4.77. The molecule has 5 heteroatoms. The van der Waals surface area contributed by atoms with Gasteiger partial charge in [0.15, 0.2) is 0 Å². The summed E-state index contributed by atoms with van der Waals surface area (Å²) in [5.41, 5.74) is 1.34. The van der Waals surface area contributed by atoms with Crippen LogP contribution in [0.5, 0.6) is 0 Å². The van der Waals surface area contributed by atoms with Crippen LogP contribution in [-0.2, 0) is 22.4 Å². The van der Waals surface area contributed by atoms with Gasteiger partial charge in [-0.15, -0.1) is 11.3 Å². The van der Waals surface area contributed by atoms with Crippen LogP contribution < -0.4 is 0 Å². The third-order valence-corrected chi connectivity index (χ3v) is 5.34. The molecule has 1 heterocycles. The van der Waals surface area contributed by atoms with Crippen LogP contribution in [0.2, 0.25) is 0 Å². The second-order valence-corrected chi connectivity index (χ2v) is 7.14. The fourth-order valence-electron chi connectivity index (χ4n) is 2.99. The number of esters is 1. The molecule has 0 N–H and O–H groups in total. The van der Waals surface area contributed by atoms with E-state index in [1.807, 2.05) is 6.92 Å². The number of fused-ring (bicyclic) bond motifs is 1. The van der Waals surface area contributed by atoms with Gasteiger partial charge in [-0.2, -0.15) is 0 Å². The quantitative estimate of drug-likeness (QED) is 0.741. The largest absolute Gasteiger partial charge is 0.465 e. The molecule has 1 aromatic heterocycles. The Hall–Kier alpha value is -1.36. The lowest BCUT2D eigenvalue weighted by atomic mass is 10.00. The molecular weight excluding hydrogens is 310 g/mol. The number of rotatable bonds is 6. The number of hydrogen-bond acceptors (Lipinski definition) is 4. The van der Waals surface area contributed by atoms with Crippen LogP contribution in [0.25, 0.3) is 0 Å². The highest BCUT2D eigenvalue weighted by molar-refractivity contribution is 7.14. The minimum Gasteiger partial charge on any atom is -0.465 e. The van der Waals surface area contributed by atoms with E-state index in [4.69, 9.17) is 4.74 Å². The molecule has 0 saturated carbocycles. The number of carbonyl (C=O) groups excluding carboxylic acids is 2. The summed E-state index contributed by atoms with van der Waals surface area (Å²) < 4.78 is 4.99. The molecule has 1 aromatic rings. The van der Waals surface area contributed by atoms with Gasteiger partial charge in [0, 0.05) is 11.4 Å². The van der Waals surface area contributed by atoms with Gasteiger partial charge < -0.3 is 9.64 Å². The molecule has 0 aliphatic heterocycles. The van der Waals surface area contributed by atoms with E-state index in [0.717, 1.165) is 24.1 Å². The number of thiophene rings is 1. The predicted molar refractivity (Wildman–Crippen MR) is 93.0 cm³/mol. The highest BCUT2D eigenvalue weighted by atomic mass is 32.1. The van der Waals surface area contributed by atoms with Gasteiger partial charge in [-0.05, 0) is 50.7 Å². The molecule has 1 aliphatic rings. The van der Waals surface area contributed by atoms with Crippen molar-refractivity contribution in [2.24, 2.45) is 0 Å². The van der Waals surface area contributed by atoms with Gasteiger partial charge in [-0.3, -0.25) is 9.59 Å². The number of carbonyl (C=O) groups is 2. The van der Waals surface area contributed by atoms with E-state index in [9.17, 15) is 9.59 Å². The predicted octanol–water partition coefficient (Wildman–Crippen LogP) is 3.82. The molecule has 0 bridgehead atoms. The van der Waals surface area contributed by atoms with Crippen molar-refractivity contribution in [3.05, 3.63) is 21.4 Å². The van der Waals surface area contributed by atoms with Crippen LogP contribution in [0.15, 0.2) is 6.07 Å². The molecule has 0 radical (unpaired) electrons. The van der Waals surface area contributed by atoms with Crippen molar-refractivity contribution in [2.45, 2.75) is 58.8 Å². The molecular formula is C18H27NO3S. The molecule has 1 aliphatic carbocycles. The lowest BCUT2D eigenvalue weighted by Crippen LogP contribution is -2.36. The van der Waals surface area contributed by atoms with Gasteiger partial charge in [0.05, 0.1) is 11.5 Å². The molecule has 0 atom stereocenters. The Morgan fingerprint density at radius 2 is 1.91 bits per heavy atom. The van der Waals surface area contributed by atoms with Crippen molar-refractivity contribution < 1.29 is 14.3 Å². The smallest absolute Gasteiger partial charge is 0.325 e. The molecule has 0 saturated heterocycles. The summed E-state index contributed by atoms with van der Waals surface area (Å²) in [4.78, 5) is 28.3. The first-order valence-corrected chi connectivity index (χ1v) is 9.53. The molecule has 1 amide bonds. The maximum atomic E-state index is 12.8. The summed E-state index contributed by atoms with van der Waals surface area (Å²) in [5, 5.41) is 0. The van der Waals surface area contributed by atoms with Crippen molar-refractivity contribution in [1.82, 2.24) is 4.90 Å². The van der Waals surface area contributed by atoms with Crippen molar-refractivity contribution in [2.75, 3.05) is 19.7 Å². The minimum absolute atomic E-state index is 0.0309. The van der Waals surface area contributed by atoms with Gasteiger partial charge in [-0.1, -0.05) is 19.8 Å². The average molecular weight is 337 g/mol. The molecule has 0 unspecified atom stereocenters. The summed E-state index contributed by atoms with van der Waals surface area (Å²) >= 11 is 1.62.